The average molecular weight is 260 g/mol. The van der Waals surface area contributed by atoms with Crippen LogP contribution in [-0.2, 0) is 7.05 Å². The van der Waals surface area contributed by atoms with E-state index < -0.39 is 0 Å². The smallest absolute Gasteiger partial charge is 0.189 e. The maximum atomic E-state index is 12.0. The summed E-state index contributed by atoms with van der Waals surface area (Å²) >= 11 is 1.49. The Morgan fingerprint density at radius 1 is 1.39 bits per heavy atom. The Hall–Kier alpha value is -1.55. The lowest BCUT2D eigenvalue weighted by Gasteiger charge is -2.04. The van der Waals surface area contributed by atoms with Crippen LogP contribution in [0.1, 0.15) is 21.7 Å². The first kappa shape index (κ1) is 12.9. The second kappa shape index (κ2) is 5.40. The molecule has 94 valence electrons. The Balaban J connectivity index is 2.04. The van der Waals surface area contributed by atoms with Crippen LogP contribution in [0.3, 0.4) is 0 Å². The molecule has 0 saturated heterocycles. The minimum atomic E-state index is 0.133. The average Bonchev–Trinajstić information content (AvgIpc) is 2.71. The largest absolute Gasteiger partial charge is 0.348 e. The monoisotopic (exact) mass is 260 g/mol. The van der Waals surface area contributed by atoms with Crippen LogP contribution in [0.15, 0.2) is 35.5 Å². The summed E-state index contributed by atoms with van der Waals surface area (Å²) in [6.07, 6.45) is 1.88. The number of pyridine rings is 1. The predicted octanol–water partition coefficient (Wildman–Crippen LogP) is 3.01. The van der Waals surface area contributed by atoms with Gasteiger partial charge in [0.2, 0.25) is 0 Å². The summed E-state index contributed by atoms with van der Waals surface area (Å²) in [5, 5.41) is 0.912. The quantitative estimate of drug-likeness (QED) is 0.626. The Morgan fingerprint density at radius 2 is 2.17 bits per heavy atom. The zero-order valence-electron chi connectivity index (χ0n) is 10.8. The van der Waals surface area contributed by atoms with Crippen molar-refractivity contribution in [3.05, 3.63) is 47.4 Å². The number of thioether (sulfide) groups is 1. The van der Waals surface area contributed by atoms with Crippen LogP contribution < -0.4 is 0 Å². The number of hydrogen-bond donors (Lipinski definition) is 0. The summed E-state index contributed by atoms with van der Waals surface area (Å²) in [5.41, 5.74) is 2.91. The van der Waals surface area contributed by atoms with Crippen molar-refractivity contribution in [2.24, 2.45) is 7.05 Å². The normalized spacial score (nSPS) is 10.6. The van der Waals surface area contributed by atoms with Crippen molar-refractivity contribution < 1.29 is 4.79 Å². The van der Waals surface area contributed by atoms with Gasteiger partial charge in [0.05, 0.1) is 16.5 Å². The van der Waals surface area contributed by atoms with Gasteiger partial charge in [0.15, 0.2) is 5.78 Å². The van der Waals surface area contributed by atoms with Gasteiger partial charge in [0.1, 0.15) is 0 Å². The Bertz CT molecular complexity index is 555. The van der Waals surface area contributed by atoms with Crippen LogP contribution in [0.25, 0.3) is 0 Å². The standard InChI is InChI=1S/C14H16N2OS/c1-10-7-11(2)15-14(8-10)18-9-13(17)12-5-4-6-16(12)3/h4-8H,9H2,1-3H3. The molecular formula is C14H16N2OS. The van der Waals surface area contributed by atoms with Gasteiger partial charge in [-0.3, -0.25) is 4.79 Å². The highest BCUT2D eigenvalue weighted by Crippen LogP contribution is 2.19. The number of Topliss-reactive ketones (excluding diaryl/α,β-unsaturated/α-hetero) is 1. The first-order valence-corrected chi connectivity index (χ1v) is 6.77. The number of nitrogens with zero attached hydrogens (tertiary/aromatic N) is 2. The molecule has 2 aromatic heterocycles. The summed E-state index contributed by atoms with van der Waals surface area (Å²) in [6, 6.07) is 7.77. The molecule has 0 atom stereocenters. The highest BCUT2D eigenvalue weighted by atomic mass is 32.2. The van der Waals surface area contributed by atoms with Crippen molar-refractivity contribution >= 4 is 17.5 Å². The fourth-order valence-electron chi connectivity index (χ4n) is 1.84. The Kier molecular flexibility index (Phi) is 3.87. The van der Waals surface area contributed by atoms with Gasteiger partial charge in [0, 0.05) is 18.9 Å². The molecule has 0 radical (unpaired) electrons. The summed E-state index contributed by atoms with van der Waals surface area (Å²) < 4.78 is 1.85. The summed E-state index contributed by atoms with van der Waals surface area (Å²) in [7, 11) is 1.88. The van der Waals surface area contributed by atoms with E-state index in [1.807, 2.05) is 55.9 Å². The third kappa shape index (κ3) is 3.01. The number of ketones is 1. The van der Waals surface area contributed by atoms with Crippen LogP contribution in [0.2, 0.25) is 0 Å². The van der Waals surface area contributed by atoms with Crippen molar-refractivity contribution in [2.45, 2.75) is 18.9 Å². The lowest BCUT2D eigenvalue weighted by Crippen LogP contribution is -2.07. The fourth-order valence-corrected chi connectivity index (χ4v) is 2.75. The van der Waals surface area contributed by atoms with Crippen molar-refractivity contribution in [1.82, 2.24) is 9.55 Å². The van der Waals surface area contributed by atoms with E-state index in [1.165, 1.54) is 17.3 Å². The summed E-state index contributed by atoms with van der Waals surface area (Å²) in [5.74, 6) is 0.557. The molecule has 0 unspecified atom stereocenters. The first-order valence-electron chi connectivity index (χ1n) is 5.79. The summed E-state index contributed by atoms with van der Waals surface area (Å²) in [6.45, 7) is 4.01. The molecule has 2 aromatic rings. The van der Waals surface area contributed by atoms with E-state index in [-0.39, 0.29) is 5.78 Å². The van der Waals surface area contributed by atoms with E-state index >= 15 is 0 Å². The van der Waals surface area contributed by atoms with Crippen molar-refractivity contribution in [3.63, 3.8) is 0 Å². The number of rotatable bonds is 4. The molecule has 0 aliphatic heterocycles. The van der Waals surface area contributed by atoms with Crippen molar-refractivity contribution in [2.75, 3.05) is 5.75 Å². The lowest BCUT2D eigenvalue weighted by molar-refractivity contribution is 0.101. The highest BCUT2D eigenvalue weighted by Gasteiger charge is 2.10. The molecular weight excluding hydrogens is 244 g/mol. The zero-order chi connectivity index (χ0) is 13.1. The van der Waals surface area contributed by atoms with Gasteiger partial charge >= 0.3 is 0 Å². The Morgan fingerprint density at radius 3 is 2.78 bits per heavy atom. The third-order valence-corrected chi connectivity index (χ3v) is 3.57. The maximum absolute atomic E-state index is 12.0. The number of aryl methyl sites for hydroxylation is 3. The molecule has 0 fully saturated rings. The molecule has 2 rings (SSSR count). The zero-order valence-corrected chi connectivity index (χ0v) is 11.6. The van der Waals surface area contributed by atoms with Gasteiger partial charge < -0.3 is 4.57 Å². The van der Waals surface area contributed by atoms with E-state index in [0.29, 0.717) is 5.75 Å². The van der Waals surface area contributed by atoms with Gasteiger partial charge in [-0.2, -0.15) is 0 Å². The first-order chi connectivity index (χ1) is 8.56. The third-order valence-electron chi connectivity index (χ3n) is 2.65. The molecule has 18 heavy (non-hydrogen) atoms. The second-order valence-corrected chi connectivity index (χ2v) is 5.34. The predicted molar refractivity (Wildman–Crippen MR) is 74.2 cm³/mol. The van der Waals surface area contributed by atoms with E-state index in [1.54, 1.807) is 0 Å². The molecule has 0 bridgehead atoms. The van der Waals surface area contributed by atoms with E-state index in [2.05, 4.69) is 4.98 Å². The molecule has 0 spiro atoms. The molecule has 0 amide bonds. The minimum Gasteiger partial charge on any atom is -0.348 e. The molecule has 0 aliphatic rings. The van der Waals surface area contributed by atoms with Crippen LogP contribution in [0.4, 0.5) is 0 Å². The molecule has 0 N–H and O–H groups in total. The molecule has 2 heterocycles. The fraction of sp³-hybridized carbons (Fsp3) is 0.286. The summed E-state index contributed by atoms with van der Waals surface area (Å²) in [4.78, 5) is 16.4. The molecule has 4 heteroatoms. The molecule has 3 nitrogen and oxygen atoms in total. The molecule has 0 aromatic carbocycles. The highest BCUT2D eigenvalue weighted by molar-refractivity contribution is 7.99. The van der Waals surface area contributed by atoms with E-state index in [9.17, 15) is 4.79 Å². The van der Waals surface area contributed by atoms with Crippen molar-refractivity contribution in [1.29, 1.82) is 0 Å². The van der Waals surface area contributed by atoms with Gasteiger partial charge in [-0.1, -0.05) is 11.8 Å². The van der Waals surface area contributed by atoms with Crippen molar-refractivity contribution in [3.8, 4) is 0 Å². The lowest BCUT2D eigenvalue weighted by atomic mass is 10.3. The SMILES string of the molecule is Cc1cc(C)nc(SCC(=O)c2cccn2C)c1. The number of carbonyl (C=O) groups is 1. The molecule has 0 saturated carbocycles. The van der Waals surface area contributed by atoms with Gasteiger partial charge in [0.25, 0.3) is 0 Å². The van der Waals surface area contributed by atoms with Crippen LogP contribution in [-0.4, -0.2) is 21.1 Å². The van der Waals surface area contributed by atoms with Gasteiger partial charge in [-0.15, -0.1) is 0 Å². The number of carbonyl (C=O) groups excluding carboxylic acids is 1. The van der Waals surface area contributed by atoms with E-state index in [0.717, 1.165) is 16.4 Å². The van der Waals surface area contributed by atoms with E-state index in [4.69, 9.17) is 0 Å². The number of hydrogen-bond acceptors (Lipinski definition) is 3. The Labute approximate surface area is 111 Å². The van der Waals surface area contributed by atoms with Crippen LogP contribution in [0.5, 0.6) is 0 Å². The molecule has 0 aliphatic carbocycles. The topological polar surface area (TPSA) is 34.9 Å². The second-order valence-electron chi connectivity index (χ2n) is 4.34. The van der Waals surface area contributed by atoms with Crippen LogP contribution in [0, 0.1) is 13.8 Å². The van der Waals surface area contributed by atoms with Crippen LogP contribution >= 0.6 is 11.8 Å². The minimum absolute atomic E-state index is 0.133. The number of aromatic nitrogens is 2. The van der Waals surface area contributed by atoms with Gasteiger partial charge in [-0.25, -0.2) is 4.98 Å². The maximum Gasteiger partial charge on any atom is 0.189 e. The van der Waals surface area contributed by atoms with Gasteiger partial charge in [-0.05, 0) is 43.7 Å².